The Kier molecular flexibility index (Phi) is 5.55. The third kappa shape index (κ3) is 4.03. The Morgan fingerprint density at radius 2 is 1.88 bits per heavy atom. The van der Waals surface area contributed by atoms with Gasteiger partial charge in [-0.05, 0) is 26.0 Å². The van der Waals surface area contributed by atoms with Gasteiger partial charge in [-0.25, -0.2) is 0 Å². The van der Waals surface area contributed by atoms with Crippen molar-refractivity contribution < 1.29 is 4.79 Å². The highest BCUT2D eigenvalue weighted by atomic mass is 35.5. The van der Waals surface area contributed by atoms with Crippen LogP contribution in [0.25, 0.3) is 0 Å². The van der Waals surface area contributed by atoms with Gasteiger partial charge in [0.05, 0.1) is 29.1 Å². The predicted octanol–water partition coefficient (Wildman–Crippen LogP) is 4.60. The van der Waals surface area contributed by atoms with E-state index in [1.165, 1.54) is 4.68 Å². The number of rotatable bonds is 5. The van der Waals surface area contributed by atoms with Crippen LogP contribution in [0.2, 0.25) is 15.1 Å². The molecule has 9 heteroatoms. The lowest BCUT2D eigenvalue weighted by Gasteiger charge is -2.11. The standard InChI is InChI=1S/C17H16Cl3N5O/c1-10-16(20)9-25(23-10)11(2)17(26)22-12-6-21-24(7-12)8-13-14(18)4-3-5-15(13)19/h3-7,9,11H,8H2,1-2H3,(H,22,26). The number of carbonyl (C=O) groups is 1. The first-order valence-electron chi connectivity index (χ1n) is 7.82. The summed E-state index contributed by atoms with van der Waals surface area (Å²) in [7, 11) is 0. The number of aryl methyl sites for hydroxylation is 1. The first-order chi connectivity index (χ1) is 12.3. The second-order valence-electron chi connectivity index (χ2n) is 5.83. The molecule has 1 N–H and O–H groups in total. The van der Waals surface area contributed by atoms with E-state index in [1.54, 1.807) is 55.3 Å². The highest BCUT2D eigenvalue weighted by molar-refractivity contribution is 6.36. The molecule has 0 saturated heterocycles. The summed E-state index contributed by atoms with van der Waals surface area (Å²) in [6.45, 7) is 3.93. The Hall–Kier alpha value is -2.02. The summed E-state index contributed by atoms with van der Waals surface area (Å²) in [5.41, 5.74) is 2.02. The van der Waals surface area contributed by atoms with E-state index in [0.717, 1.165) is 5.56 Å². The monoisotopic (exact) mass is 411 g/mol. The lowest BCUT2D eigenvalue weighted by atomic mass is 10.2. The van der Waals surface area contributed by atoms with Gasteiger partial charge in [-0.3, -0.25) is 14.2 Å². The van der Waals surface area contributed by atoms with Crippen molar-refractivity contribution >= 4 is 46.4 Å². The molecular formula is C17H16Cl3N5O. The van der Waals surface area contributed by atoms with Gasteiger partial charge < -0.3 is 5.32 Å². The fourth-order valence-electron chi connectivity index (χ4n) is 2.38. The van der Waals surface area contributed by atoms with Gasteiger partial charge in [-0.15, -0.1) is 0 Å². The zero-order chi connectivity index (χ0) is 18.8. The molecule has 0 aliphatic heterocycles. The number of hydrogen-bond acceptors (Lipinski definition) is 3. The molecule has 1 unspecified atom stereocenters. The summed E-state index contributed by atoms with van der Waals surface area (Å²) in [6, 6.07) is 4.82. The zero-order valence-corrected chi connectivity index (χ0v) is 16.3. The molecule has 26 heavy (non-hydrogen) atoms. The Balaban J connectivity index is 1.69. The maximum atomic E-state index is 12.4. The van der Waals surface area contributed by atoms with Crippen LogP contribution >= 0.6 is 34.8 Å². The predicted molar refractivity (Wildman–Crippen MR) is 103 cm³/mol. The van der Waals surface area contributed by atoms with Crippen molar-refractivity contribution in [2.75, 3.05) is 5.32 Å². The van der Waals surface area contributed by atoms with Crippen LogP contribution in [0.5, 0.6) is 0 Å². The van der Waals surface area contributed by atoms with E-state index < -0.39 is 6.04 Å². The summed E-state index contributed by atoms with van der Waals surface area (Å²) >= 11 is 18.4. The molecule has 0 bridgehead atoms. The minimum absolute atomic E-state index is 0.223. The summed E-state index contributed by atoms with van der Waals surface area (Å²) in [5, 5.41) is 12.9. The average molecular weight is 413 g/mol. The number of benzene rings is 1. The molecule has 0 saturated carbocycles. The van der Waals surface area contributed by atoms with E-state index in [0.29, 0.717) is 33.0 Å². The second kappa shape index (κ2) is 7.70. The van der Waals surface area contributed by atoms with Crippen molar-refractivity contribution in [3.05, 3.63) is 63.1 Å². The maximum absolute atomic E-state index is 12.4. The number of nitrogens with one attached hydrogen (secondary N) is 1. The van der Waals surface area contributed by atoms with Crippen LogP contribution in [-0.4, -0.2) is 25.5 Å². The number of carbonyl (C=O) groups excluding carboxylic acids is 1. The van der Waals surface area contributed by atoms with Crippen molar-refractivity contribution in [1.82, 2.24) is 19.6 Å². The van der Waals surface area contributed by atoms with Gasteiger partial charge in [-0.2, -0.15) is 10.2 Å². The van der Waals surface area contributed by atoms with Crippen LogP contribution in [0.4, 0.5) is 5.69 Å². The minimum atomic E-state index is -0.512. The summed E-state index contributed by atoms with van der Waals surface area (Å²) in [6.07, 6.45) is 4.91. The molecule has 1 atom stereocenters. The Labute approximate surface area is 165 Å². The van der Waals surface area contributed by atoms with Gasteiger partial charge >= 0.3 is 0 Å². The van der Waals surface area contributed by atoms with Gasteiger partial charge in [0.25, 0.3) is 0 Å². The maximum Gasteiger partial charge on any atom is 0.249 e. The molecule has 0 spiro atoms. The molecule has 1 aromatic carbocycles. The normalized spacial score (nSPS) is 12.2. The number of amides is 1. The Morgan fingerprint density at radius 1 is 1.19 bits per heavy atom. The van der Waals surface area contributed by atoms with Gasteiger partial charge in [0.15, 0.2) is 0 Å². The van der Waals surface area contributed by atoms with Crippen molar-refractivity contribution in [3.8, 4) is 0 Å². The van der Waals surface area contributed by atoms with Gasteiger partial charge in [-0.1, -0.05) is 40.9 Å². The lowest BCUT2D eigenvalue weighted by molar-refractivity contribution is -0.119. The van der Waals surface area contributed by atoms with Gasteiger partial charge in [0.2, 0.25) is 5.91 Å². The molecule has 1 amide bonds. The number of halogens is 3. The van der Waals surface area contributed by atoms with E-state index in [-0.39, 0.29) is 5.91 Å². The Morgan fingerprint density at radius 3 is 2.50 bits per heavy atom. The largest absolute Gasteiger partial charge is 0.322 e. The van der Waals surface area contributed by atoms with Crippen molar-refractivity contribution in [2.45, 2.75) is 26.4 Å². The number of nitrogens with zero attached hydrogens (tertiary/aromatic N) is 4. The van der Waals surface area contributed by atoms with E-state index >= 15 is 0 Å². The molecule has 0 fully saturated rings. The number of anilines is 1. The van der Waals surface area contributed by atoms with Crippen LogP contribution in [0, 0.1) is 6.92 Å². The summed E-state index contributed by atoms with van der Waals surface area (Å²) < 4.78 is 3.18. The first kappa shape index (κ1) is 18.8. The van der Waals surface area contributed by atoms with E-state index in [4.69, 9.17) is 34.8 Å². The molecule has 0 radical (unpaired) electrons. The molecule has 3 aromatic rings. The zero-order valence-electron chi connectivity index (χ0n) is 14.1. The quantitative estimate of drug-likeness (QED) is 0.666. The molecule has 0 aliphatic rings. The van der Waals surface area contributed by atoms with Crippen molar-refractivity contribution in [1.29, 1.82) is 0 Å². The number of aromatic nitrogens is 4. The molecule has 136 valence electrons. The van der Waals surface area contributed by atoms with Crippen LogP contribution in [0.15, 0.2) is 36.8 Å². The van der Waals surface area contributed by atoms with E-state index in [2.05, 4.69) is 15.5 Å². The van der Waals surface area contributed by atoms with Crippen molar-refractivity contribution in [2.24, 2.45) is 0 Å². The highest BCUT2D eigenvalue weighted by Gasteiger charge is 2.18. The first-order valence-corrected chi connectivity index (χ1v) is 8.96. The third-order valence-corrected chi connectivity index (χ3v) is 4.99. The fourth-order valence-corrected chi connectivity index (χ4v) is 3.04. The summed E-state index contributed by atoms with van der Waals surface area (Å²) in [4.78, 5) is 12.4. The van der Waals surface area contributed by atoms with Crippen LogP contribution in [-0.2, 0) is 11.3 Å². The third-order valence-electron chi connectivity index (χ3n) is 3.92. The van der Waals surface area contributed by atoms with Gasteiger partial charge in [0, 0.05) is 28.0 Å². The second-order valence-corrected chi connectivity index (χ2v) is 7.06. The van der Waals surface area contributed by atoms with Crippen molar-refractivity contribution in [3.63, 3.8) is 0 Å². The highest BCUT2D eigenvalue weighted by Crippen LogP contribution is 2.25. The van der Waals surface area contributed by atoms with Crippen LogP contribution in [0.3, 0.4) is 0 Å². The topological polar surface area (TPSA) is 64.7 Å². The Bertz CT molecular complexity index is 910. The smallest absolute Gasteiger partial charge is 0.249 e. The SMILES string of the molecule is Cc1nn(C(C)C(=O)Nc2cnn(Cc3c(Cl)cccc3Cl)c2)cc1Cl. The minimum Gasteiger partial charge on any atom is -0.322 e. The average Bonchev–Trinajstić information content (AvgIpc) is 3.17. The number of hydrogen-bond donors (Lipinski definition) is 1. The molecule has 3 rings (SSSR count). The van der Waals surface area contributed by atoms with E-state index in [1.807, 2.05) is 0 Å². The van der Waals surface area contributed by atoms with E-state index in [9.17, 15) is 4.79 Å². The molecule has 0 aliphatic carbocycles. The molecule has 6 nitrogen and oxygen atoms in total. The fraction of sp³-hybridized carbons (Fsp3) is 0.235. The lowest BCUT2D eigenvalue weighted by Crippen LogP contribution is -2.23. The van der Waals surface area contributed by atoms with Gasteiger partial charge in [0.1, 0.15) is 6.04 Å². The molecule has 2 aromatic heterocycles. The van der Waals surface area contributed by atoms with Crippen LogP contribution < -0.4 is 5.32 Å². The molecular weight excluding hydrogens is 397 g/mol. The van der Waals surface area contributed by atoms with Crippen LogP contribution in [0.1, 0.15) is 24.2 Å². The molecule has 2 heterocycles. The summed E-state index contributed by atoms with van der Waals surface area (Å²) in [5.74, 6) is -0.223.